The molecule has 1 spiro atoms. The number of fused-ring (bicyclic) bond motifs is 1. The minimum atomic E-state index is -0.708. The van der Waals surface area contributed by atoms with Crippen molar-refractivity contribution in [1.29, 1.82) is 0 Å². The Hall–Kier alpha value is -3.86. The molecule has 2 aromatic rings. The van der Waals surface area contributed by atoms with Gasteiger partial charge in [0.25, 0.3) is 0 Å². The minimum absolute atomic E-state index is 0.0738. The van der Waals surface area contributed by atoms with Gasteiger partial charge in [-0.15, -0.1) is 0 Å². The second-order valence-corrected chi connectivity index (χ2v) is 12.1. The second kappa shape index (κ2) is 9.90. The van der Waals surface area contributed by atoms with Gasteiger partial charge in [0, 0.05) is 17.1 Å². The van der Waals surface area contributed by atoms with Crippen molar-refractivity contribution in [3.8, 4) is 16.9 Å². The maximum atomic E-state index is 14.0. The number of esters is 2. The molecule has 5 heteroatoms. The first-order chi connectivity index (χ1) is 20.0. The molecule has 0 aromatic heterocycles. The van der Waals surface area contributed by atoms with Gasteiger partial charge in [-0.3, -0.25) is 0 Å². The molecule has 0 amide bonds. The molecule has 2 fully saturated rings. The predicted octanol–water partition coefficient (Wildman–Crippen LogP) is 8.03. The van der Waals surface area contributed by atoms with Crippen molar-refractivity contribution in [2.24, 2.45) is 23.2 Å². The van der Waals surface area contributed by atoms with Crippen molar-refractivity contribution in [2.75, 3.05) is 0 Å². The van der Waals surface area contributed by atoms with Crippen molar-refractivity contribution >= 4 is 17.5 Å². The van der Waals surface area contributed by atoms with E-state index in [1.165, 1.54) is 0 Å². The van der Waals surface area contributed by atoms with E-state index < -0.39 is 5.41 Å². The highest BCUT2D eigenvalue weighted by Crippen LogP contribution is 2.72. The number of aromatic hydroxyl groups is 1. The quantitative estimate of drug-likeness (QED) is 0.370. The topological polar surface area (TPSA) is 72.8 Å². The van der Waals surface area contributed by atoms with Gasteiger partial charge in [-0.25, -0.2) is 9.59 Å². The van der Waals surface area contributed by atoms with Crippen LogP contribution in [-0.4, -0.2) is 17.0 Å². The number of carbonyl (C=O) groups excluding carboxylic acids is 2. The monoisotopic (exact) mass is 548 g/mol. The summed E-state index contributed by atoms with van der Waals surface area (Å²) >= 11 is 0. The van der Waals surface area contributed by atoms with Gasteiger partial charge in [0.05, 0.1) is 11.0 Å². The number of phenolic OH excluding ortho intramolecular Hbond substituents is 1. The van der Waals surface area contributed by atoms with Crippen LogP contribution in [0.3, 0.4) is 0 Å². The van der Waals surface area contributed by atoms with E-state index in [9.17, 15) is 14.7 Å². The second-order valence-electron chi connectivity index (χ2n) is 12.1. The summed E-state index contributed by atoms with van der Waals surface area (Å²) in [5.41, 5.74) is 5.69. The first-order valence-electron chi connectivity index (χ1n) is 15.2. The van der Waals surface area contributed by atoms with Crippen LogP contribution in [0.5, 0.6) is 5.75 Å². The van der Waals surface area contributed by atoms with Gasteiger partial charge in [0.1, 0.15) is 17.3 Å². The van der Waals surface area contributed by atoms with Crippen LogP contribution in [0.15, 0.2) is 88.9 Å². The molecule has 1 saturated heterocycles. The standard InChI is InChI=1S/C36H36O5/c1-3-5-12-28-26-17-16-25-24-18-19-36(32(25)31(26)34(38)40-28)29(13-6-4-2)41-35(39)33(36)30(24)27-20-22(37)14-15-23(27)21-10-8-7-9-11-21/h7-15,20,24-25,32,37H,3-6,16-19H2,1-2H3. The molecular formula is C36H36O5. The Morgan fingerprint density at radius 1 is 0.902 bits per heavy atom. The third kappa shape index (κ3) is 3.74. The number of carbonyl (C=O) groups is 2. The van der Waals surface area contributed by atoms with Gasteiger partial charge >= 0.3 is 11.9 Å². The Labute approximate surface area is 241 Å². The summed E-state index contributed by atoms with van der Waals surface area (Å²) in [5, 5.41) is 10.7. The van der Waals surface area contributed by atoms with Crippen LogP contribution in [0.1, 0.15) is 70.8 Å². The van der Waals surface area contributed by atoms with Crippen LogP contribution < -0.4 is 0 Å². The van der Waals surface area contributed by atoms with Crippen LogP contribution in [0.4, 0.5) is 0 Å². The molecule has 8 rings (SSSR count). The number of rotatable bonds is 6. The van der Waals surface area contributed by atoms with E-state index >= 15 is 0 Å². The fourth-order valence-electron chi connectivity index (χ4n) is 8.43. The predicted molar refractivity (Wildman–Crippen MR) is 157 cm³/mol. The van der Waals surface area contributed by atoms with Gasteiger partial charge in [-0.05, 0) is 96.9 Å². The zero-order chi connectivity index (χ0) is 28.3. The summed E-state index contributed by atoms with van der Waals surface area (Å²) in [4.78, 5) is 27.6. The van der Waals surface area contributed by atoms with E-state index in [-0.39, 0.29) is 35.4 Å². The lowest BCUT2D eigenvalue weighted by Crippen LogP contribution is -2.52. The zero-order valence-corrected chi connectivity index (χ0v) is 23.7. The third-order valence-corrected chi connectivity index (χ3v) is 9.96. The maximum Gasteiger partial charge on any atom is 0.340 e. The number of hydrogen-bond acceptors (Lipinski definition) is 5. The lowest BCUT2D eigenvalue weighted by atomic mass is 9.44. The molecule has 4 atom stereocenters. The van der Waals surface area contributed by atoms with Gasteiger partial charge in [0.2, 0.25) is 0 Å². The molecule has 4 unspecified atom stereocenters. The highest BCUT2D eigenvalue weighted by atomic mass is 16.5. The smallest absolute Gasteiger partial charge is 0.340 e. The number of ether oxygens (including phenoxy) is 2. The van der Waals surface area contributed by atoms with E-state index in [4.69, 9.17) is 9.47 Å². The fraction of sp³-hybridized carbons (Fsp3) is 0.389. The largest absolute Gasteiger partial charge is 0.508 e. The average molecular weight is 549 g/mol. The van der Waals surface area contributed by atoms with E-state index in [0.29, 0.717) is 11.3 Å². The SMILES string of the molecule is CCCC=C1OC(=O)C2=C1CCC1C3CCC4(C(=CCCC)OC(=O)C4=C3c3cc(O)ccc3-c3ccccc3)C21. The Kier molecular flexibility index (Phi) is 6.29. The Morgan fingerprint density at radius 2 is 1.68 bits per heavy atom. The van der Waals surface area contributed by atoms with Gasteiger partial charge in [-0.1, -0.05) is 63.1 Å². The summed E-state index contributed by atoms with van der Waals surface area (Å²) in [5.74, 6) is 1.12. The molecule has 41 heavy (non-hydrogen) atoms. The van der Waals surface area contributed by atoms with Gasteiger partial charge in [0.15, 0.2) is 0 Å². The molecule has 0 radical (unpaired) electrons. The number of allylic oxidation sites excluding steroid dienone is 5. The number of unbranched alkanes of at least 4 members (excludes halogenated alkanes) is 2. The summed E-state index contributed by atoms with van der Waals surface area (Å²) in [6.45, 7) is 4.24. The highest BCUT2D eigenvalue weighted by molar-refractivity contribution is 6.07. The lowest BCUT2D eigenvalue weighted by molar-refractivity contribution is -0.135. The molecule has 4 aliphatic carbocycles. The molecule has 6 aliphatic rings. The van der Waals surface area contributed by atoms with Crippen molar-refractivity contribution in [3.63, 3.8) is 0 Å². The molecule has 1 N–H and O–H groups in total. The van der Waals surface area contributed by atoms with Crippen LogP contribution >= 0.6 is 0 Å². The van der Waals surface area contributed by atoms with E-state index in [2.05, 4.69) is 38.1 Å². The highest BCUT2D eigenvalue weighted by Gasteiger charge is 2.68. The Balaban J connectivity index is 1.50. The molecule has 2 aliphatic heterocycles. The molecule has 1 saturated carbocycles. The zero-order valence-electron chi connectivity index (χ0n) is 23.7. The number of hydrogen-bond donors (Lipinski definition) is 1. The first-order valence-corrected chi connectivity index (χ1v) is 15.2. The first kappa shape index (κ1) is 26.1. The molecular weight excluding hydrogens is 512 g/mol. The fourth-order valence-corrected chi connectivity index (χ4v) is 8.43. The summed E-state index contributed by atoms with van der Waals surface area (Å²) in [7, 11) is 0. The number of cyclic esters (lactones) is 2. The van der Waals surface area contributed by atoms with Gasteiger partial charge in [-0.2, -0.15) is 0 Å². The Bertz CT molecular complexity index is 1570. The number of benzene rings is 2. The van der Waals surface area contributed by atoms with Gasteiger partial charge < -0.3 is 14.6 Å². The van der Waals surface area contributed by atoms with Crippen molar-refractivity contribution in [2.45, 2.75) is 65.2 Å². The lowest BCUT2D eigenvalue weighted by Gasteiger charge is -2.56. The van der Waals surface area contributed by atoms with Crippen LogP contribution in [0, 0.1) is 23.2 Å². The Morgan fingerprint density at radius 3 is 2.46 bits per heavy atom. The summed E-state index contributed by atoms with van der Waals surface area (Å²) < 4.78 is 12.1. The van der Waals surface area contributed by atoms with E-state index in [0.717, 1.165) is 90.5 Å². The molecule has 2 aromatic carbocycles. The molecule has 210 valence electrons. The normalized spacial score (nSPS) is 30.0. The van der Waals surface area contributed by atoms with Crippen molar-refractivity contribution in [3.05, 3.63) is 94.5 Å². The minimum Gasteiger partial charge on any atom is -0.508 e. The average Bonchev–Trinajstić information content (AvgIpc) is 3.48. The molecule has 5 nitrogen and oxygen atoms in total. The van der Waals surface area contributed by atoms with Crippen molar-refractivity contribution < 1.29 is 24.2 Å². The molecule has 2 bridgehead atoms. The molecule has 2 heterocycles. The van der Waals surface area contributed by atoms with Crippen LogP contribution in [0.2, 0.25) is 0 Å². The third-order valence-electron chi connectivity index (χ3n) is 9.96. The van der Waals surface area contributed by atoms with Crippen LogP contribution in [0.25, 0.3) is 16.7 Å². The van der Waals surface area contributed by atoms with E-state index in [1.54, 1.807) is 6.07 Å². The number of phenols is 1. The summed E-state index contributed by atoms with van der Waals surface area (Å²) in [6.07, 6.45) is 11.1. The maximum absolute atomic E-state index is 14.0. The van der Waals surface area contributed by atoms with Crippen LogP contribution in [-0.2, 0) is 19.1 Å². The summed E-state index contributed by atoms with van der Waals surface area (Å²) in [6, 6.07) is 15.6. The van der Waals surface area contributed by atoms with Crippen molar-refractivity contribution in [1.82, 2.24) is 0 Å². The van der Waals surface area contributed by atoms with E-state index in [1.807, 2.05) is 30.3 Å².